The van der Waals surface area contributed by atoms with Crippen LogP contribution in [0.3, 0.4) is 0 Å². The molecule has 0 unspecified atom stereocenters. The molecule has 0 aliphatic heterocycles. The van der Waals surface area contributed by atoms with Crippen LogP contribution in [0.25, 0.3) is 11.2 Å². The van der Waals surface area contributed by atoms with Gasteiger partial charge in [-0.05, 0) is 36.8 Å². The summed E-state index contributed by atoms with van der Waals surface area (Å²) in [5.41, 5.74) is 4.09. The first-order valence-corrected chi connectivity index (χ1v) is 6.58. The van der Waals surface area contributed by atoms with Crippen LogP contribution in [0.2, 0.25) is 0 Å². The first-order valence-electron chi connectivity index (χ1n) is 6.17. The van der Waals surface area contributed by atoms with E-state index in [1.165, 1.54) is 0 Å². The van der Waals surface area contributed by atoms with E-state index in [-0.39, 0.29) is 0 Å². The highest BCUT2D eigenvalue weighted by molar-refractivity contribution is 7.71. The lowest BCUT2D eigenvalue weighted by Crippen LogP contribution is -2.03. The van der Waals surface area contributed by atoms with Gasteiger partial charge in [-0.2, -0.15) is 5.10 Å². The standard InChI is InChI=1S/C13H15N5S/c1-9-7-11-12(14-8-9)18(13(19)15-11)6-4-10-3-5-17(2)16-10/h3,5,7-8H,4,6H2,1-2H3,(H,15,19). The number of hydrogen-bond acceptors (Lipinski definition) is 3. The zero-order chi connectivity index (χ0) is 13.4. The molecule has 98 valence electrons. The Labute approximate surface area is 115 Å². The van der Waals surface area contributed by atoms with E-state index in [0.29, 0.717) is 4.77 Å². The number of rotatable bonds is 3. The van der Waals surface area contributed by atoms with Crippen LogP contribution in [0.15, 0.2) is 24.5 Å². The van der Waals surface area contributed by atoms with Crippen LogP contribution in [0.5, 0.6) is 0 Å². The highest BCUT2D eigenvalue weighted by Gasteiger charge is 2.06. The zero-order valence-corrected chi connectivity index (χ0v) is 11.7. The van der Waals surface area contributed by atoms with Crippen LogP contribution >= 0.6 is 12.2 Å². The Kier molecular flexibility index (Phi) is 2.94. The van der Waals surface area contributed by atoms with Crippen molar-refractivity contribution in [1.29, 1.82) is 0 Å². The monoisotopic (exact) mass is 273 g/mol. The third kappa shape index (κ3) is 2.31. The van der Waals surface area contributed by atoms with Gasteiger partial charge in [-0.25, -0.2) is 4.98 Å². The summed E-state index contributed by atoms with van der Waals surface area (Å²) in [6.45, 7) is 2.81. The molecule has 5 nitrogen and oxygen atoms in total. The molecule has 3 aromatic rings. The fraction of sp³-hybridized carbons (Fsp3) is 0.308. The summed E-state index contributed by atoms with van der Waals surface area (Å²) in [6.07, 6.45) is 4.66. The number of aromatic nitrogens is 5. The number of fused-ring (bicyclic) bond motifs is 1. The second-order valence-corrected chi connectivity index (χ2v) is 5.08. The number of nitrogens with zero attached hydrogens (tertiary/aromatic N) is 4. The second kappa shape index (κ2) is 4.62. The Morgan fingerprint density at radius 2 is 2.26 bits per heavy atom. The number of imidazole rings is 1. The minimum atomic E-state index is 0.712. The van der Waals surface area contributed by atoms with Crippen LogP contribution in [0, 0.1) is 11.7 Å². The minimum Gasteiger partial charge on any atom is -0.329 e. The van der Waals surface area contributed by atoms with Gasteiger partial charge < -0.3 is 9.55 Å². The third-order valence-electron chi connectivity index (χ3n) is 3.11. The van der Waals surface area contributed by atoms with Crippen molar-refractivity contribution in [2.24, 2.45) is 7.05 Å². The molecule has 0 amide bonds. The van der Waals surface area contributed by atoms with Gasteiger partial charge in [-0.1, -0.05) is 0 Å². The molecule has 0 spiro atoms. The summed E-state index contributed by atoms with van der Waals surface area (Å²) in [4.78, 5) is 7.66. The van der Waals surface area contributed by atoms with Gasteiger partial charge >= 0.3 is 0 Å². The van der Waals surface area contributed by atoms with Gasteiger partial charge in [0.2, 0.25) is 0 Å². The van der Waals surface area contributed by atoms with Gasteiger partial charge in [0.1, 0.15) is 0 Å². The summed E-state index contributed by atoms with van der Waals surface area (Å²) < 4.78 is 4.55. The number of hydrogen-bond donors (Lipinski definition) is 1. The second-order valence-electron chi connectivity index (χ2n) is 4.70. The van der Waals surface area contributed by atoms with Gasteiger partial charge in [0, 0.05) is 32.4 Å². The fourth-order valence-corrected chi connectivity index (χ4v) is 2.47. The molecule has 1 N–H and O–H groups in total. The SMILES string of the molecule is Cc1cnc2c(c1)[nH]c(=S)n2CCc1ccn(C)n1. The zero-order valence-electron chi connectivity index (χ0n) is 10.9. The third-order valence-corrected chi connectivity index (χ3v) is 3.43. The Morgan fingerprint density at radius 3 is 3.00 bits per heavy atom. The Morgan fingerprint density at radius 1 is 1.42 bits per heavy atom. The van der Waals surface area contributed by atoms with E-state index in [1.54, 1.807) is 0 Å². The number of nitrogens with one attached hydrogen (secondary N) is 1. The van der Waals surface area contributed by atoms with Crippen molar-refractivity contribution in [2.45, 2.75) is 19.9 Å². The Balaban J connectivity index is 1.92. The fourth-order valence-electron chi connectivity index (χ4n) is 2.18. The van der Waals surface area contributed by atoms with Gasteiger partial charge in [0.25, 0.3) is 0 Å². The molecule has 0 saturated carbocycles. The first kappa shape index (κ1) is 12.1. The van der Waals surface area contributed by atoms with E-state index in [2.05, 4.69) is 21.1 Å². The maximum atomic E-state index is 5.36. The van der Waals surface area contributed by atoms with E-state index in [9.17, 15) is 0 Å². The molecule has 6 heteroatoms. The maximum absolute atomic E-state index is 5.36. The number of pyridine rings is 1. The van der Waals surface area contributed by atoms with Crippen molar-refractivity contribution in [3.05, 3.63) is 40.6 Å². The highest BCUT2D eigenvalue weighted by Crippen LogP contribution is 2.13. The van der Waals surface area contributed by atoms with Crippen LogP contribution in [-0.4, -0.2) is 24.3 Å². The lowest BCUT2D eigenvalue weighted by molar-refractivity contribution is 0.668. The van der Waals surface area contributed by atoms with E-state index in [4.69, 9.17) is 12.2 Å². The number of H-pyrrole nitrogens is 1. The topological polar surface area (TPSA) is 51.4 Å². The molecule has 0 aliphatic rings. The quantitative estimate of drug-likeness (QED) is 0.745. The van der Waals surface area contributed by atoms with E-state index in [1.807, 2.05) is 41.7 Å². The molecule has 0 atom stereocenters. The Bertz CT molecular complexity index is 780. The molecule has 0 saturated heterocycles. The number of aryl methyl sites for hydroxylation is 4. The average molecular weight is 273 g/mol. The molecule has 19 heavy (non-hydrogen) atoms. The molecular formula is C13H15N5S. The van der Waals surface area contributed by atoms with Crippen LogP contribution in [0.1, 0.15) is 11.3 Å². The van der Waals surface area contributed by atoms with Gasteiger partial charge in [-0.3, -0.25) is 4.68 Å². The van der Waals surface area contributed by atoms with Crippen molar-refractivity contribution < 1.29 is 0 Å². The first-order chi connectivity index (χ1) is 9.13. The smallest absolute Gasteiger partial charge is 0.179 e. The van der Waals surface area contributed by atoms with Crippen molar-refractivity contribution in [1.82, 2.24) is 24.3 Å². The van der Waals surface area contributed by atoms with E-state index in [0.717, 1.165) is 35.4 Å². The summed E-state index contributed by atoms with van der Waals surface area (Å²) in [7, 11) is 1.92. The average Bonchev–Trinajstić information content (AvgIpc) is 2.89. The molecule has 3 heterocycles. The van der Waals surface area contributed by atoms with Crippen LogP contribution < -0.4 is 0 Å². The Hall–Kier alpha value is -1.95. The van der Waals surface area contributed by atoms with Crippen molar-refractivity contribution in [3.8, 4) is 0 Å². The predicted molar refractivity (Wildman–Crippen MR) is 76.6 cm³/mol. The summed E-state index contributed by atoms with van der Waals surface area (Å²) in [6, 6.07) is 4.09. The van der Waals surface area contributed by atoms with Crippen LogP contribution in [0.4, 0.5) is 0 Å². The highest BCUT2D eigenvalue weighted by atomic mass is 32.1. The molecule has 3 aromatic heterocycles. The van der Waals surface area contributed by atoms with Gasteiger partial charge in [-0.15, -0.1) is 0 Å². The van der Waals surface area contributed by atoms with Crippen molar-refractivity contribution in [3.63, 3.8) is 0 Å². The van der Waals surface area contributed by atoms with E-state index >= 15 is 0 Å². The summed E-state index contributed by atoms with van der Waals surface area (Å²) >= 11 is 5.36. The van der Waals surface area contributed by atoms with Crippen molar-refractivity contribution in [2.75, 3.05) is 0 Å². The van der Waals surface area contributed by atoms with Gasteiger partial charge in [0.15, 0.2) is 10.4 Å². The van der Waals surface area contributed by atoms with Crippen LogP contribution in [-0.2, 0) is 20.0 Å². The largest absolute Gasteiger partial charge is 0.329 e. The maximum Gasteiger partial charge on any atom is 0.179 e. The predicted octanol–water partition coefficient (Wildman–Crippen LogP) is 2.38. The lowest BCUT2D eigenvalue weighted by atomic mass is 10.3. The summed E-state index contributed by atoms with van der Waals surface area (Å²) in [5.74, 6) is 0. The van der Waals surface area contributed by atoms with E-state index < -0.39 is 0 Å². The molecule has 3 rings (SSSR count). The normalized spacial score (nSPS) is 11.3. The molecular weight excluding hydrogens is 258 g/mol. The van der Waals surface area contributed by atoms with Crippen molar-refractivity contribution >= 4 is 23.4 Å². The molecule has 0 aliphatic carbocycles. The molecule has 0 bridgehead atoms. The molecule has 0 aromatic carbocycles. The minimum absolute atomic E-state index is 0.712. The lowest BCUT2D eigenvalue weighted by Gasteiger charge is -2.02. The number of aromatic amines is 1. The van der Waals surface area contributed by atoms with Gasteiger partial charge in [0.05, 0.1) is 11.2 Å². The molecule has 0 fully saturated rings. The molecule has 0 radical (unpaired) electrons. The summed E-state index contributed by atoms with van der Waals surface area (Å²) in [5, 5.41) is 4.37.